The number of hydrogen-bond donors (Lipinski definition) is 2. The fourth-order valence-electron chi connectivity index (χ4n) is 3.70. The number of benzene rings is 1. The molecule has 0 atom stereocenters. The van der Waals surface area contributed by atoms with E-state index in [1.54, 1.807) is 0 Å². The van der Waals surface area contributed by atoms with Gasteiger partial charge in [-0.2, -0.15) is 0 Å². The molecule has 124 valence electrons. The van der Waals surface area contributed by atoms with Crippen molar-refractivity contribution in [3.63, 3.8) is 0 Å². The van der Waals surface area contributed by atoms with Gasteiger partial charge in [-0.05, 0) is 56.5 Å². The molecule has 0 saturated carbocycles. The van der Waals surface area contributed by atoms with E-state index in [2.05, 4.69) is 27.7 Å². The van der Waals surface area contributed by atoms with Crippen LogP contribution in [0.2, 0.25) is 0 Å². The van der Waals surface area contributed by atoms with Crippen molar-refractivity contribution in [3.05, 3.63) is 29.8 Å². The van der Waals surface area contributed by atoms with Crippen LogP contribution in [-0.2, 0) is 16.1 Å². The standard InChI is InChI=1S/C18H25N3O2/c1-14(22)20-16-5-3-15(4-6-16)13-21-11-8-18(9-12-21)7-2-10-19-17(18)23/h3-6H,2,7-13H2,1H3,(H,19,23)(H,20,22). The highest BCUT2D eigenvalue weighted by Crippen LogP contribution is 2.38. The van der Waals surface area contributed by atoms with Gasteiger partial charge in [-0.3, -0.25) is 14.5 Å². The molecule has 2 saturated heterocycles. The molecule has 2 fully saturated rings. The maximum absolute atomic E-state index is 12.2. The highest BCUT2D eigenvalue weighted by atomic mass is 16.2. The number of amides is 2. The summed E-state index contributed by atoms with van der Waals surface area (Å²) < 4.78 is 0. The highest BCUT2D eigenvalue weighted by Gasteiger charge is 2.42. The Kier molecular flexibility index (Phi) is 4.66. The van der Waals surface area contributed by atoms with E-state index < -0.39 is 0 Å². The van der Waals surface area contributed by atoms with Crippen molar-refractivity contribution in [3.8, 4) is 0 Å². The summed E-state index contributed by atoms with van der Waals surface area (Å²) in [5.74, 6) is 0.216. The van der Waals surface area contributed by atoms with Crippen LogP contribution in [0.3, 0.4) is 0 Å². The quantitative estimate of drug-likeness (QED) is 0.898. The second kappa shape index (κ2) is 6.71. The maximum atomic E-state index is 12.2. The van der Waals surface area contributed by atoms with Crippen molar-refractivity contribution in [1.29, 1.82) is 0 Å². The first-order chi connectivity index (χ1) is 11.1. The number of carbonyl (C=O) groups is 2. The van der Waals surface area contributed by atoms with Gasteiger partial charge >= 0.3 is 0 Å². The van der Waals surface area contributed by atoms with Gasteiger partial charge in [0.25, 0.3) is 0 Å². The maximum Gasteiger partial charge on any atom is 0.226 e. The zero-order valence-electron chi connectivity index (χ0n) is 13.7. The first-order valence-electron chi connectivity index (χ1n) is 8.45. The van der Waals surface area contributed by atoms with Gasteiger partial charge in [0.1, 0.15) is 0 Å². The van der Waals surface area contributed by atoms with Crippen LogP contribution in [-0.4, -0.2) is 36.3 Å². The second-order valence-corrected chi connectivity index (χ2v) is 6.79. The molecular formula is C18H25N3O2. The van der Waals surface area contributed by atoms with Gasteiger partial charge < -0.3 is 10.6 Å². The Morgan fingerprint density at radius 2 is 1.91 bits per heavy atom. The van der Waals surface area contributed by atoms with Crippen molar-refractivity contribution < 1.29 is 9.59 Å². The fraction of sp³-hybridized carbons (Fsp3) is 0.556. The van der Waals surface area contributed by atoms with E-state index in [0.717, 1.165) is 57.5 Å². The SMILES string of the molecule is CC(=O)Nc1ccc(CN2CCC3(CCCNC3=O)CC2)cc1. The summed E-state index contributed by atoms with van der Waals surface area (Å²) in [5, 5.41) is 5.82. The number of anilines is 1. The van der Waals surface area contributed by atoms with Crippen LogP contribution in [0.1, 0.15) is 38.2 Å². The molecular weight excluding hydrogens is 290 g/mol. The zero-order valence-corrected chi connectivity index (χ0v) is 13.7. The summed E-state index contributed by atoms with van der Waals surface area (Å²) in [6.07, 6.45) is 4.07. The fourth-order valence-corrected chi connectivity index (χ4v) is 3.70. The molecule has 0 bridgehead atoms. The number of carbonyl (C=O) groups excluding carboxylic acids is 2. The second-order valence-electron chi connectivity index (χ2n) is 6.79. The highest BCUT2D eigenvalue weighted by molar-refractivity contribution is 5.88. The number of rotatable bonds is 3. The third-order valence-electron chi connectivity index (χ3n) is 5.09. The smallest absolute Gasteiger partial charge is 0.226 e. The van der Waals surface area contributed by atoms with E-state index in [9.17, 15) is 9.59 Å². The van der Waals surface area contributed by atoms with Crippen molar-refractivity contribution in [2.45, 2.75) is 39.2 Å². The molecule has 0 aromatic heterocycles. The number of nitrogens with one attached hydrogen (secondary N) is 2. The van der Waals surface area contributed by atoms with Crippen LogP contribution in [0.15, 0.2) is 24.3 Å². The van der Waals surface area contributed by atoms with E-state index in [1.807, 2.05) is 12.1 Å². The third kappa shape index (κ3) is 3.72. The molecule has 0 aliphatic carbocycles. The number of hydrogen-bond acceptors (Lipinski definition) is 3. The van der Waals surface area contributed by atoms with Crippen LogP contribution in [0, 0.1) is 5.41 Å². The van der Waals surface area contributed by atoms with Crippen LogP contribution in [0.4, 0.5) is 5.69 Å². The van der Waals surface area contributed by atoms with E-state index >= 15 is 0 Å². The molecule has 2 amide bonds. The Labute approximate surface area is 137 Å². The Hall–Kier alpha value is -1.88. The van der Waals surface area contributed by atoms with Crippen molar-refractivity contribution in [1.82, 2.24) is 10.2 Å². The lowest BCUT2D eigenvalue weighted by Crippen LogP contribution is -2.51. The molecule has 1 spiro atoms. The molecule has 23 heavy (non-hydrogen) atoms. The minimum Gasteiger partial charge on any atom is -0.356 e. The molecule has 5 heteroatoms. The molecule has 1 aromatic carbocycles. The van der Waals surface area contributed by atoms with Gasteiger partial charge in [0, 0.05) is 25.7 Å². The van der Waals surface area contributed by atoms with Crippen LogP contribution >= 0.6 is 0 Å². The predicted octanol–water partition coefficient (Wildman–Crippen LogP) is 2.14. The van der Waals surface area contributed by atoms with E-state index in [0.29, 0.717) is 0 Å². The molecule has 5 nitrogen and oxygen atoms in total. The molecule has 0 unspecified atom stereocenters. The molecule has 2 aliphatic heterocycles. The Balaban J connectivity index is 1.54. The van der Waals surface area contributed by atoms with Gasteiger partial charge in [-0.25, -0.2) is 0 Å². The Bertz CT molecular complexity index is 574. The van der Waals surface area contributed by atoms with E-state index in [4.69, 9.17) is 0 Å². The predicted molar refractivity (Wildman–Crippen MR) is 89.9 cm³/mol. The topological polar surface area (TPSA) is 61.4 Å². The van der Waals surface area contributed by atoms with Crippen LogP contribution in [0.25, 0.3) is 0 Å². The molecule has 2 aliphatic rings. The first kappa shape index (κ1) is 16.0. The lowest BCUT2D eigenvalue weighted by Gasteiger charge is -2.42. The largest absolute Gasteiger partial charge is 0.356 e. The Morgan fingerprint density at radius 1 is 1.22 bits per heavy atom. The lowest BCUT2D eigenvalue weighted by atomic mass is 9.72. The average Bonchev–Trinajstić information content (AvgIpc) is 2.54. The lowest BCUT2D eigenvalue weighted by molar-refractivity contribution is -0.136. The average molecular weight is 315 g/mol. The minimum atomic E-state index is -0.107. The molecule has 2 heterocycles. The van der Waals surface area contributed by atoms with Crippen molar-refractivity contribution in [2.24, 2.45) is 5.41 Å². The monoisotopic (exact) mass is 315 g/mol. The zero-order chi connectivity index (χ0) is 16.3. The summed E-state index contributed by atoms with van der Waals surface area (Å²) in [7, 11) is 0. The Morgan fingerprint density at radius 3 is 2.52 bits per heavy atom. The van der Waals surface area contributed by atoms with Crippen LogP contribution < -0.4 is 10.6 Å². The van der Waals surface area contributed by atoms with Gasteiger partial charge in [0.15, 0.2) is 0 Å². The van der Waals surface area contributed by atoms with Gasteiger partial charge in [-0.15, -0.1) is 0 Å². The summed E-state index contributed by atoms with van der Waals surface area (Å²) >= 11 is 0. The number of likely N-dealkylation sites (tertiary alicyclic amines) is 1. The van der Waals surface area contributed by atoms with E-state index in [1.165, 1.54) is 12.5 Å². The van der Waals surface area contributed by atoms with Crippen molar-refractivity contribution >= 4 is 17.5 Å². The minimum absolute atomic E-state index is 0.0511. The molecule has 1 aromatic rings. The summed E-state index contributed by atoms with van der Waals surface area (Å²) in [4.78, 5) is 25.7. The normalized spacial score (nSPS) is 21.0. The van der Waals surface area contributed by atoms with E-state index in [-0.39, 0.29) is 17.2 Å². The van der Waals surface area contributed by atoms with Gasteiger partial charge in [-0.1, -0.05) is 12.1 Å². The van der Waals surface area contributed by atoms with Crippen LogP contribution in [0.5, 0.6) is 0 Å². The molecule has 0 radical (unpaired) electrons. The van der Waals surface area contributed by atoms with Crippen molar-refractivity contribution in [2.75, 3.05) is 25.0 Å². The first-order valence-corrected chi connectivity index (χ1v) is 8.45. The van der Waals surface area contributed by atoms with Gasteiger partial charge in [0.2, 0.25) is 11.8 Å². The summed E-state index contributed by atoms with van der Waals surface area (Å²) in [6, 6.07) is 8.00. The molecule has 2 N–H and O–H groups in total. The summed E-state index contributed by atoms with van der Waals surface area (Å²) in [6.45, 7) is 5.20. The molecule has 3 rings (SSSR count). The summed E-state index contributed by atoms with van der Waals surface area (Å²) in [5.41, 5.74) is 1.96. The third-order valence-corrected chi connectivity index (χ3v) is 5.09. The number of nitrogens with zero attached hydrogens (tertiary/aromatic N) is 1. The number of piperidine rings is 2. The van der Waals surface area contributed by atoms with Gasteiger partial charge in [0.05, 0.1) is 5.41 Å².